The zero-order valence-electron chi connectivity index (χ0n) is 9.67. The van der Waals surface area contributed by atoms with Gasteiger partial charge in [0, 0.05) is 19.6 Å². The van der Waals surface area contributed by atoms with Gasteiger partial charge in [-0.1, -0.05) is 0 Å². The third-order valence-electron chi connectivity index (χ3n) is 2.68. The monoisotopic (exact) mass is 253 g/mol. The molecule has 2 N–H and O–H groups in total. The fraction of sp³-hybridized carbons (Fsp3) is 0.417. The predicted molar refractivity (Wildman–Crippen MR) is 62.2 cm³/mol. The van der Waals surface area contributed by atoms with Crippen molar-refractivity contribution in [2.45, 2.75) is 6.10 Å². The second-order valence-corrected chi connectivity index (χ2v) is 4.00. The number of anilines is 1. The first-order chi connectivity index (χ1) is 8.70. The van der Waals surface area contributed by atoms with Crippen molar-refractivity contribution in [3.63, 3.8) is 0 Å². The summed E-state index contributed by atoms with van der Waals surface area (Å²) in [5, 5.41) is 14.4. The van der Waals surface area contributed by atoms with Crippen molar-refractivity contribution in [2.24, 2.45) is 0 Å². The molecule has 0 bridgehead atoms. The number of halogens is 2. The van der Waals surface area contributed by atoms with E-state index in [1.807, 2.05) is 0 Å². The summed E-state index contributed by atoms with van der Waals surface area (Å²) in [4.78, 5) is 0. The molecule has 0 amide bonds. The molecule has 1 atom stereocenters. The summed E-state index contributed by atoms with van der Waals surface area (Å²) in [7, 11) is 0. The molecule has 0 spiro atoms. The number of hydrogen-bond donors (Lipinski definition) is 2. The molecule has 1 aromatic rings. The Hall–Kier alpha value is -1.71. The third kappa shape index (κ3) is 2.94. The summed E-state index contributed by atoms with van der Waals surface area (Å²) >= 11 is 0. The summed E-state index contributed by atoms with van der Waals surface area (Å²) in [5.74, 6) is -1.54. The zero-order chi connectivity index (χ0) is 13.0. The molecule has 1 fully saturated rings. The number of nitrogens with one attached hydrogen (secondary N) is 2. The molecule has 1 unspecified atom stereocenters. The predicted octanol–water partition coefficient (Wildman–Crippen LogP) is 1.24. The van der Waals surface area contributed by atoms with E-state index in [1.165, 1.54) is 0 Å². The molecule has 18 heavy (non-hydrogen) atoms. The highest BCUT2D eigenvalue weighted by molar-refractivity contribution is 5.50. The lowest BCUT2D eigenvalue weighted by Gasteiger charge is -2.24. The molecule has 0 radical (unpaired) electrons. The van der Waals surface area contributed by atoms with Gasteiger partial charge in [0.2, 0.25) is 0 Å². The molecule has 1 aliphatic heterocycles. The van der Waals surface area contributed by atoms with Crippen molar-refractivity contribution in [1.29, 1.82) is 5.26 Å². The van der Waals surface area contributed by atoms with E-state index in [2.05, 4.69) is 10.6 Å². The van der Waals surface area contributed by atoms with Crippen molar-refractivity contribution in [3.05, 3.63) is 29.3 Å². The summed E-state index contributed by atoms with van der Waals surface area (Å²) in [5.41, 5.74) is -0.255. The Bertz CT molecular complexity index is 444. The summed E-state index contributed by atoms with van der Waals surface area (Å²) in [6.07, 6.45) is -0.117. The highest BCUT2D eigenvalue weighted by Crippen LogP contribution is 2.20. The maximum atomic E-state index is 13.5. The molecule has 1 saturated heterocycles. The van der Waals surface area contributed by atoms with E-state index in [0.29, 0.717) is 19.7 Å². The van der Waals surface area contributed by atoms with Crippen molar-refractivity contribution in [1.82, 2.24) is 5.32 Å². The number of rotatable bonds is 3. The average Bonchev–Trinajstić information content (AvgIpc) is 2.38. The Morgan fingerprint density at radius 1 is 1.44 bits per heavy atom. The molecular weight excluding hydrogens is 240 g/mol. The maximum absolute atomic E-state index is 13.5. The minimum atomic E-state index is -0.768. The highest BCUT2D eigenvalue weighted by atomic mass is 19.1. The lowest BCUT2D eigenvalue weighted by molar-refractivity contribution is 0.0371. The average molecular weight is 253 g/mol. The molecule has 0 aromatic heterocycles. The number of nitrogens with zero attached hydrogens (tertiary/aromatic N) is 1. The second kappa shape index (κ2) is 5.76. The molecule has 4 nitrogen and oxygen atoms in total. The summed E-state index contributed by atoms with van der Waals surface area (Å²) in [6, 6.07) is 3.71. The van der Waals surface area contributed by atoms with Gasteiger partial charge in [0.05, 0.1) is 24.3 Å². The van der Waals surface area contributed by atoms with E-state index in [-0.39, 0.29) is 17.4 Å². The number of nitriles is 1. The molecule has 0 saturated carbocycles. The van der Waals surface area contributed by atoms with Gasteiger partial charge in [0.25, 0.3) is 0 Å². The van der Waals surface area contributed by atoms with E-state index in [4.69, 9.17) is 10.00 Å². The number of hydrogen-bond acceptors (Lipinski definition) is 4. The van der Waals surface area contributed by atoms with Gasteiger partial charge in [-0.05, 0) is 12.1 Å². The van der Waals surface area contributed by atoms with Crippen LogP contribution in [0.1, 0.15) is 5.56 Å². The third-order valence-corrected chi connectivity index (χ3v) is 2.68. The Balaban J connectivity index is 2.02. The smallest absolute Gasteiger partial charge is 0.150 e. The second-order valence-electron chi connectivity index (χ2n) is 4.00. The van der Waals surface area contributed by atoms with Crippen molar-refractivity contribution < 1.29 is 13.5 Å². The molecule has 1 aliphatic rings. The van der Waals surface area contributed by atoms with Gasteiger partial charge in [0.15, 0.2) is 11.6 Å². The fourth-order valence-electron chi connectivity index (χ4n) is 1.77. The Morgan fingerprint density at radius 3 is 2.72 bits per heavy atom. The van der Waals surface area contributed by atoms with Gasteiger partial charge in [-0.3, -0.25) is 0 Å². The van der Waals surface area contributed by atoms with Gasteiger partial charge in [-0.15, -0.1) is 0 Å². The first kappa shape index (κ1) is 12.7. The van der Waals surface area contributed by atoms with Crippen LogP contribution in [0.15, 0.2) is 12.1 Å². The summed E-state index contributed by atoms with van der Waals surface area (Å²) in [6.45, 7) is 2.33. The maximum Gasteiger partial charge on any atom is 0.150 e. The Labute approximate surface area is 104 Å². The zero-order valence-corrected chi connectivity index (χ0v) is 9.67. The molecule has 1 heterocycles. The normalized spacial score (nSPS) is 19.3. The fourth-order valence-corrected chi connectivity index (χ4v) is 1.77. The minimum Gasteiger partial charge on any atom is -0.378 e. The lowest BCUT2D eigenvalue weighted by atomic mass is 10.2. The molecule has 0 aliphatic carbocycles. The van der Waals surface area contributed by atoms with Crippen LogP contribution in [0.2, 0.25) is 0 Å². The largest absolute Gasteiger partial charge is 0.378 e. The first-order valence-electron chi connectivity index (χ1n) is 5.66. The Kier molecular flexibility index (Phi) is 4.07. The van der Waals surface area contributed by atoms with Crippen LogP contribution in [0, 0.1) is 23.0 Å². The molecule has 96 valence electrons. The molecule has 1 aromatic carbocycles. The van der Waals surface area contributed by atoms with Crippen LogP contribution < -0.4 is 10.6 Å². The lowest BCUT2D eigenvalue weighted by Crippen LogP contribution is -2.42. The van der Waals surface area contributed by atoms with Gasteiger partial charge in [0.1, 0.15) is 5.69 Å². The topological polar surface area (TPSA) is 57.1 Å². The quantitative estimate of drug-likeness (QED) is 0.851. The van der Waals surface area contributed by atoms with Crippen LogP contribution in [0.4, 0.5) is 14.5 Å². The van der Waals surface area contributed by atoms with Crippen molar-refractivity contribution >= 4 is 5.69 Å². The van der Waals surface area contributed by atoms with Crippen molar-refractivity contribution in [2.75, 3.05) is 31.6 Å². The van der Waals surface area contributed by atoms with Crippen LogP contribution in [0.3, 0.4) is 0 Å². The Morgan fingerprint density at radius 2 is 2.17 bits per heavy atom. The van der Waals surface area contributed by atoms with Crippen LogP contribution in [-0.2, 0) is 4.74 Å². The molecular formula is C12H13F2N3O. The van der Waals surface area contributed by atoms with Gasteiger partial charge in [-0.2, -0.15) is 5.26 Å². The van der Waals surface area contributed by atoms with Crippen LogP contribution in [0.25, 0.3) is 0 Å². The van der Waals surface area contributed by atoms with Gasteiger partial charge >= 0.3 is 0 Å². The highest BCUT2D eigenvalue weighted by Gasteiger charge is 2.16. The van der Waals surface area contributed by atoms with E-state index in [9.17, 15) is 8.78 Å². The van der Waals surface area contributed by atoms with Crippen LogP contribution in [0.5, 0.6) is 0 Å². The molecule has 6 heteroatoms. The number of benzene rings is 1. The van der Waals surface area contributed by atoms with Gasteiger partial charge in [-0.25, -0.2) is 8.78 Å². The minimum absolute atomic E-state index is 0.0360. The van der Waals surface area contributed by atoms with Crippen LogP contribution >= 0.6 is 0 Å². The van der Waals surface area contributed by atoms with E-state index < -0.39 is 11.6 Å². The first-order valence-corrected chi connectivity index (χ1v) is 5.66. The van der Waals surface area contributed by atoms with E-state index >= 15 is 0 Å². The van der Waals surface area contributed by atoms with Gasteiger partial charge < -0.3 is 15.4 Å². The standard InChI is InChI=1S/C12H13F2N3O/c13-10-3-8(5-15)4-11(14)12(10)17-7-9-6-16-1-2-18-9/h3-4,9,16-17H,1-2,6-7H2. The van der Waals surface area contributed by atoms with E-state index in [0.717, 1.165) is 18.7 Å². The number of morpholine rings is 1. The van der Waals surface area contributed by atoms with Crippen LogP contribution in [-0.4, -0.2) is 32.3 Å². The number of ether oxygens (including phenoxy) is 1. The SMILES string of the molecule is N#Cc1cc(F)c(NCC2CNCCO2)c(F)c1. The van der Waals surface area contributed by atoms with Crippen molar-refractivity contribution in [3.8, 4) is 6.07 Å². The summed E-state index contributed by atoms with van der Waals surface area (Å²) < 4.78 is 32.5. The molecule has 2 rings (SSSR count). The van der Waals surface area contributed by atoms with E-state index in [1.54, 1.807) is 6.07 Å².